The van der Waals surface area contributed by atoms with E-state index < -0.39 is 10.0 Å². The lowest BCUT2D eigenvalue weighted by Crippen LogP contribution is -2.34. The number of nitrogens with zero attached hydrogens (tertiary/aromatic N) is 1. The number of rotatable bonds is 5. The fourth-order valence-electron chi connectivity index (χ4n) is 1.10. The van der Waals surface area contributed by atoms with Gasteiger partial charge in [0.2, 0.25) is 0 Å². The minimum absolute atomic E-state index is 0.0142. The molecular formula is C9H14N2O3S2. The molecule has 16 heavy (non-hydrogen) atoms. The Hall–Kier alpha value is -0.950. The van der Waals surface area contributed by atoms with E-state index in [-0.39, 0.29) is 16.6 Å². The van der Waals surface area contributed by atoms with E-state index in [0.29, 0.717) is 11.2 Å². The molecule has 0 aliphatic rings. The highest BCUT2D eigenvalue weighted by Gasteiger charge is 2.17. The highest BCUT2D eigenvalue weighted by atomic mass is 32.2. The van der Waals surface area contributed by atoms with E-state index >= 15 is 0 Å². The normalized spacial score (nSPS) is 11.4. The smallest absolute Gasteiger partial charge is 0.298 e. The fourth-order valence-corrected chi connectivity index (χ4v) is 2.54. The molecule has 0 amide bonds. The van der Waals surface area contributed by atoms with Crippen LogP contribution in [0, 0.1) is 5.21 Å². The van der Waals surface area contributed by atoms with Crippen LogP contribution in [0.4, 0.5) is 5.82 Å². The highest BCUT2D eigenvalue weighted by Crippen LogP contribution is 2.08. The molecule has 7 heteroatoms. The van der Waals surface area contributed by atoms with Crippen LogP contribution in [-0.2, 0) is 10.0 Å². The zero-order valence-corrected chi connectivity index (χ0v) is 10.6. The van der Waals surface area contributed by atoms with Crippen LogP contribution >= 0.6 is 12.6 Å². The van der Waals surface area contributed by atoms with E-state index in [1.165, 1.54) is 12.1 Å². The molecule has 1 aromatic rings. The summed E-state index contributed by atoms with van der Waals surface area (Å²) in [5.74, 6) is -0.0103. The maximum absolute atomic E-state index is 11.5. The molecule has 1 aromatic heterocycles. The van der Waals surface area contributed by atoms with Crippen LogP contribution in [0.2, 0.25) is 0 Å². The fraction of sp³-hybridized carbons (Fsp3) is 0.444. The van der Waals surface area contributed by atoms with Crippen LogP contribution in [-0.4, -0.2) is 14.2 Å². The molecule has 0 aliphatic heterocycles. The van der Waals surface area contributed by atoms with E-state index in [4.69, 9.17) is 0 Å². The van der Waals surface area contributed by atoms with Gasteiger partial charge in [0.1, 0.15) is 0 Å². The molecule has 0 bridgehead atoms. The molecule has 0 saturated carbocycles. The first kappa shape index (κ1) is 13.1. The molecule has 0 saturated heterocycles. The van der Waals surface area contributed by atoms with Crippen molar-refractivity contribution < 1.29 is 13.1 Å². The van der Waals surface area contributed by atoms with Crippen molar-refractivity contribution in [1.29, 1.82) is 0 Å². The second-order valence-electron chi connectivity index (χ2n) is 3.34. The van der Waals surface area contributed by atoms with E-state index in [9.17, 15) is 13.6 Å². The van der Waals surface area contributed by atoms with Crippen LogP contribution in [0.1, 0.15) is 19.8 Å². The summed E-state index contributed by atoms with van der Waals surface area (Å²) in [6.45, 7) is 1.90. The molecular weight excluding hydrogens is 248 g/mol. The maximum atomic E-state index is 11.5. The van der Waals surface area contributed by atoms with Crippen molar-refractivity contribution in [3.63, 3.8) is 0 Å². The number of pyridine rings is 1. The molecule has 0 fully saturated rings. The number of aromatic nitrogens is 1. The number of hydrogen-bond donors (Lipinski definition) is 2. The predicted octanol–water partition coefficient (Wildman–Crippen LogP) is 1.15. The van der Waals surface area contributed by atoms with Gasteiger partial charge in [0.05, 0.1) is 5.75 Å². The summed E-state index contributed by atoms with van der Waals surface area (Å²) in [6.07, 6.45) is 1.35. The van der Waals surface area contributed by atoms with Crippen molar-refractivity contribution in [2.45, 2.75) is 24.8 Å². The molecule has 90 valence electrons. The van der Waals surface area contributed by atoms with Gasteiger partial charge in [0, 0.05) is 6.07 Å². The van der Waals surface area contributed by atoms with Crippen LogP contribution in [0.3, 0.4) is 0 Å². The topological polar surface area (TPSA) is 73.1 Å². The first-order valence-corrected chi connectivity index (χ1v) is 6.98. The van der Waals surface area contributed by atoms with Crippen molar-refractivity contribution >= 4 is 28.5 Å². The lowest BCUT2D eigenvalue weighted by atomic mass is 10.4. The Kier molecular flexibility index (Phi) is 4.43. The standard InChI is InChI=1S/C9H14N2O3S2/c1-2-3-7-16(13,14)10-8-5-4-6-9(15)11(8)12/h4-6,10,15H,2-3,7H2,1H3. The lowest BCUT2D eigenvalue weighted by molar-refractivity contribution is -0.630. The Labute approximate surface area is 101 Å². The van der Waals surface area contributed by atoms with E-state index in [1.807, 2.05) is 6.92 Å². The molecule has 0 radical (unpaired) electrons. The lowest BCUT2D eigenvalue weighted by Gasteiger charge is -2.10. The largest absolute Gasteiger partial charge is 0.710 e. The molecule has 1 N–H and O–H groups in total. The average molecular weight is 262 g/mol. The number of hydrogen-bond acceptors (Lipinski definition) is 4. The van der Waals surface area contributed by atoms with Crippen LogP contribution < -0.4 is 9.45 Å². The third-order valence-corrected chi connectivity index (χ3v) is 3.63. The second kappa shape index (κ2) is 5.40. The molecule has 0 spiro atoms. The van der Waals surface area contributed by atoms with Gasteiger partial charge in [-0.1, -0.05) is 13.3 Å². The summed E-state index contributed by atoms with van der Waals surface area (Å²) < 4.78 is 25.7. The molecule has 0 aliphatic carbocycles. The average Bonchev–Trinajstić information content (AvgIpc) is 2.22. The van der Waals surface area contributed by atoms with E-state index in [1.54, 1.807) is 6.07 Å². The van der Waals surface area contributed by atoms with Gasteiger partial charge in [0.15, 0.2) is 5.03 Å². The van der Waals surface area contributed by atoms with Crippen molar-refractivity contribution in [3.8, 4) is 0 Å². The van der Waals surface area contributed by atoms with Crippen LogP contribution in [0.15, 0.2) is 23.2 Å². The van der Waals surface area contributed by atoms with Crippen molar-refractivity contribution in [1.82, 2.24) is 0 Å². The van der Waals surface area contributed by atoms with E-state index in [2.05, 4.69) is 17.4 Å². The maximum Gasteiger partial charge on any atom is 0.298 e. The van der Waals surface area contributed by atoms with E-state index in [0.717, 1.165) is 6.42 Å². The third kappa shape index (κ3) is 3.57. The monoisotopic (exact) mass is 262 g/mol. The zero-order chi connectivity index (χ0) is 12.2. The molecule has 0 atom stereocenters. The van der Waals surface area contributed by atoms with Gasteiger partial charge in [0.25, 0.3) is 15.8 Å². The summed E-state index contributed by atoms with van der Waals surface area (Å²) in [5, 5.41) is 11.6. The minimum atomic E-state index is -3.44. The number of unbranched alkanes of at least 4 members (excludes halogenated alkanes) is 1. The summed E-state index contributed by atoms with van der Waals surface area (Å²) in [6, 6.07) is 4.45. The highest BCUT2D eigenvalue weighted by molar-refractivity contribution is 7.92. The van der Waals surface area contributed by atoms with Gasteiger partial charge in [-0.2, -0.15) is 13.1 Å². The van der Waals surface area contributed by atoms with Gasteiger partial charge < -0.3 is 5.21 Å². The van der Waals surface area contributed by atoms with Crippen LogP contribution in [0.5, 0.6) is 0 Å². The van der Waals surface area contributed by atoms with Crippen molar-refractivity contribution in [3.05, 3.63) is 23.4 Å². The molecule has 0 aromatic carbocycles. The Morgan fingerprint density at radius 1 is 1.50 bits per heavy atom. The SMILES string of the molecule is CCCCS(=O)(=O)Nc1cccc(S)[n+]1[O-]. The Balaban J connectivity index is 2.84. The third-order valence-electron chi connectivity index (χ3n) is 1.95. The van der Waals surface area contributed by atoms with Gasteiger partial charge >= 0.3 is 0 Å². The number of nitrogens with one attached hydrogen (secondary N) is 1. The van der Waals surface area contributed by atoms with Gasteiger partial charge in [-0.15, -0.1) is 12.6 Å². The molecule has 1 rings (SSSR count). The molecule has 5 nitrogen and oxygen atoms in total. The summed E-state index contributed by atoms with van der Waals surface area (Å²) in [7, 11) is -3.44. The summed E-state index contributed by atoms with van der Waals surface area (Å²) in [5.41, 5.74) is 0. The predicted molar refractivity (Wildman–Crippen MR) is 65.0 cm³/mol. The summed E-state index contributed by atoms with van der Waals surface area (Å²) >= 11 is 3.90. The molecule has 0 unspecified atom stereocenters. The first-order valence-electron chi connectivity index (χ1n) is 4.88. The van der Waals surface area contributed by atoms with Gasteiger partial charge in [-0.25, -0.2) is 4.73 Å². The first-order chi connectivity index (χ1) is 7.46. The Morgan fingerprint density at radius 3 is 2.81 bits per heavy atom. The minimum Gasteiger partial charge on any atom is -0.710 e. The Morgan fingerprint density at radius 2 is 2.19 bits per heavy atom. The van der Waals surface area contributed by atoms with Gasteiger partial charge in [-0.05, 0) is 18.6 Å². The van der Waals surface area contributed by atoms with Crippen molar-refractivity contribution in [2.75, 3.05) is 10.5 Å². The second-order valence-corrected chi connectivity index (χ2v) is 5.64. The number of anilines is 1. The quantitative estimate of drug-likeness (QED) is 0.475. The van der Waals surface area contributed by atoms with Gasteiger partial charge in [-0.3, -0.25) is 0 Å². The number of thiol groups is 1. The Bertz CT molecular complexity index is 460. The van der Waals surface area contributed by atoms with Crippen molar-refractivity contribution in [2.24, 2.45) is 0 Å². The van der Waals surface area contributed by atoms with Crippen LogP contribution in [0.25, 0.3) is 0 Å². The number of sulfonamides is 1. The summed E-state index contributed by atoms with van der Waals surface area (Å²) in [4.78, 5) is 0. The molecule has 1 heterocycles. The zero-order valence-electron chi connectivity index (χ0n) is 8.88.